The van der Waals surface area contributed by atoms with Crippen molar-refractivity contribution in [3.05, 3.63) is 35.7 Å². The van der Waals surface area contributed by atoms with Crippen LogP contribution < -0.4 is 0 Å². The lowest BCUT2D eigenvalue weighted by Crippen LogP contribution is -1.99. The van der Waals surface area contributed by atoms with E-state index in [1.54, 1.807) is 0 Å². The van der Waals surface area contributed by atoms with E-state index in [0.717, 1.165) is 23.6 Å². The molecule has 0 unspecified atom stereocenters. The molecule has 1 heterocycles. The molecule has 0 N–H and O–H groups in total. The monoisotopic (exact) mass is 235 g/mol. The molecule has 0 atom stereocenters. The molecular weight excluding hydrogens is 222 g/mol. The summed E-state index contributed by atoms with van der Waals surface area (Å²) in [6.07, 6.45) is 0.985. The number of alkyl halides is 1. The van der Waals surface area contributed by atoms with Gasteiger partial charge in [-0.1, -0.05) is 31.2 Å². The third-order valence-electron chi connectivity index (χ3n) is 2.72. The molecule has 0 aliphatic rings. The Morgan fingerprint density at radius 1 is 1.25 bits per heavy atom. The van der Waals surface area contributed by atoms with E-state index in [0.29, 0.717) is 5.88 Å². The van der Waals surface area contributed by atoms with Crippen molar-refractivity contribution in [2.24, 2.45) is 7.05 Å². The van der Waals surface area contributed by atoms with Crippen LogP contribution >= 0.6 is 11.6 Å². The number of aryl methyl sites for hydroxylation is 1. The minimum absolute atomic E-state index is 0.387. The van der Waals surface area contributed by atoms with E-state index in [1.807, 2.05) is 23.7 Å². The van der Waals surface area contributed by atoms with Crippen LogP contribution in [0.15, 0.2) is 24.3 Å². The van der Waals surface area contributed by atoms with Gasteiger partial charge in [-0.25, -0.2) is 0 Å². The van der Waals surface area contributed by atoms with Gasteiger partial charge in [-0.3, -0.25) is 0 Å². The molecule has 0 aliphatic carbocycles. The van der Waals surface area contributed by atoms with Crippen molar-refractivity contribution < 1.29 is 0 Å². The molecule has 2 rings (SSSR count). The maximum atomic E-state index is 5.78. The van der Waals surface area contributed by atoms with Crippen molar-refractivity contribution >= 4 is 11.6 Å². The Balaban J connectivity index is 2.54. The zero-order valence-electron chi connectivity index (χ0n) is 9.44. The van der Waals surface area contributed by atoms with E-state index in [9.17, 15) is 0 Å². The number of halogens is 1. The van der Waals surface area contributed by atoms with Gasteiger partial charge in [0, 0.05) is 12.6 Å². The Bertz CT molecular complexity index is 491. The first-order chi connectivity index (χ1) is 7.77. The van der Waals surface area contributed by atoms with Crippen LogP contribution in [-0.2, 0) is 19.3 Å². The Hall–Kier alpha value is -1.35. The van der Waals surface area contributed by atoms with E-state index in [2.05, 4.69) is 29.3 Å². The number of hydrogen-bond donors (Lipinski definition) is 0. The van der Waals surface area contributed by atoms with E-state index in [4.69, 9.17) is 11.6 Å². The molecule has 0 saturated carbocycles. The zero-order valence-corrected chi connectivity index (χ0v) is 10.2. The highest BCUT2D eigenvalue weighted by Gasteiger charge is 2.11. The third-order valence-corrected chi connectivity index (χ3v) is 2.96. The van der Waals surface area contributed by atoms with Crippen LogP contribution in [-0.4, -0.2) is 14.8 Å². The lowest BCUT2D eigenvalue weighted by molar-refractivity contribution is 0.852. The van der Waals surface area contributed by atoms with Crippen LogP contribution in [0.3, 0.4) is 0 Å². The fraction of sp³-hybridized carbons (Fsp3) is 0.333. The number of rotatable bonds is 3. The summed E-state index contributed by atoms with van der Waals surface area (Å²) in [6, 6.07) is 8.25. The Morgan fingerprint density at radius 3 is 2.62 bits per heavy atom. The van der Waals surface area contributed by atoms with Gasteiger partial charge in [0.1, 0.15) is 5.82 Å². The Morgan fingerprint density at radius 2 is 2.00 bits per heavy atom. The fourth-order valence-corrected chi connectivity index (χ4v) is 1.99. The summed E-state index contributed by atoms with van der Waals surface area (Å²) < 4.78 is 1.95. The largest absolute Gasteiger partial charge is 0.313 e. The molecule has 2 aromatic rings. The van der Waals surface area contributed by atoms with Gasteiger partial charge in [0.05, 0.1) is 5.88 Å². The highest BCUT2D eigenvalue weighted by Crippen LogP contribution is 2.22. The molecule has 0 fully saturated rings. The second-order valence-corrected chi connectivity index (χ2v) is 3.91. The summed E-state index contributed by atoms with van der Waals surface area (Å²) in [4.78, 5) is 0. The molecule has 4 heteroatoms. The van der Waals surface area contributed by atoms with E-state index in [1.165, 1.54) is 5.56 Å². The Kier molecular flexibility index (Phi) is 3.25. The molecule has 1 aromatic heterocycles. The topological polar surface area (TPSA) is 30.7 Å². The Labute approximate surface area is 100 Å². The normalized spacial score (nSPS) is 10.7. The molecule has 84 valence electrons. The number of hydrogen-bond acceptors (Lipinski definition) is 2. The van der Waals surface area contributed by atoms with Crippen molar-refractivity contribution in [1.29, 1.82) is 0 Å². The van der Waals surface area contributed by atoms with Gasteiger partial charge in [-0.2, -0.15) is 0 Å². The predicted octanol–water partition coefficient (Wildman–Crippen LogP) is 2.78. The van der Waals surface area contributed by atoms with Gasteiger partial charge in [0.15, 0.2) is 5.82 Å². The summed E-state index contributed by atoms with van der Waals surface area (Å²) in [5.41, 5.74) is 2.41. The standard InChI is InChI=1S/C12H14ClN3/c1-3-9-6-4-5-7-10(9)12-15-14-11(8-13)16(12)2/h4-7H,3,8H2,1-2H3. The van der Waals surface area contributed by atoms with Gasteiger partial charge in [0.2, 0.25) is 0 Å². The minimum Gasteiger partial charge on any atom is -0.313 e. The number of nitrogens with zero attached hydrogens (tertiary/aromatic N) is 3. The van der Waals surface area contributed by atoms with E-state index < -0.39 is 0 Å². The SMILES string of the molecule is CCc1ccccc1-c1nnc(CCl)n1C. The predicted molar refractivity (Wildman–Crippen MR) is 65.4 cm³/mol. The first kappa shape index (κ1) is 11.1. The summed E-state index contributed by atoms with van der Waals surface area (Å²) in [5.74, 6) is 2.06. The van der Waals surface area contributed by atoms with Crippen molar-refractivity contribution in [2.75, 3.05) is 0 Å². The number of benzene rings is 1. The molecule has 0 bridgehead atoms. The first-order valence-corrected chi connectivity index (χ1v) is 5.83. The molecule has 0 aliphatic heterocycles. The van der Waals surface area contributed by atoms with Crippen LogP contribution in [0.25, 0.3) is 11.4 Å². The summed E-state index contributed by atoms with van der Waals surface area (Å²) in [6.45, 7) is 2.14. The fourth-order valence-electron chi connectivity index (χ4n) is 1.76. The van der Waals surface area contributed by atoms with E-state index in [-0.39, 0.29) is 0 Å². The summed E-state index contributed by atoms with van der Waals surface area (Å²) >= 11 is 5.78. The average molecular weight is 236 g/mol. The van der Waals surface area contributed by atoms with Gasteiger partial charge in [-0.05, 0) is 12.0 Å². The summed E-state index contributed by atoms with van der Waals surface area (Å²) in [5, 5.41) is 8.26. The molecule has 0 spiro atoms. The van der Waals surface area contributed by atoms with Crippen molar-refractivity contribution in [3.63, 3.8) is 0 Å². The second-order valence-electron chi connectivity index (χ2n) is 3.64. The lowest BCUT2D eigenvalue weighted by Gasteiger charge is -2.07. The van der Waals surface area contributed by atoms with Crippen LogP contribution in [0.2, 0.25) is 0 Å². The molecule has 1 aromatic carbocycles. The van der Waals surface area contributed by atoms with E-state index >= 15 is 0 Å². The summed E-state index contributed by atoms with van der Waals surface area (Å²) in [7, 11) is 1.94. The van der Waals surface area contributed by atoms with Crippen LogP contribution in [0.4, 0.5) is 0 Å². The quantitative estimate of drug-likeness (QED) is 0.766. The average Bonchev–Trinajstić information content (AvgIpc) is 2.70. The first-order valence-electron chi connectivity index (χ1n) is 5.30. The highest BCUT2D eigenvalue weighted by atomic mass is 35.5. The van der Waals surface area contributed by atoms with Crippen molar-refractivity contribution in [2.45, 2.75) is 19.2 Å². The molecule has 0 amide bonds. The molecule has 16 heavy (non-hydrogen) atoms. The van der Waals surface area contributed by atoms with Gasteiger partial charge in [0.25, 0.3) is 0 Å². The molecule has 3 nitrogen and oxygen atoms in total. The highest BCUT2D eigenvalue weighted by molar-refractivity contribution is 6.16. The van der Waals surface area contributed by atoms with Gasteiger partial charge < -0.3 is 4.57 Å². The molecule has 0 radical (unpaired) electrons. The number of aromatic nitrogens is 3. The van der Waals surface area contributed by atoms with Crippen molar-refractivity contribution in [3.8, 4) is 11.4 Å². The van der Waals surface area contributed by atoms with Gasteiger partial charge in [-0.15, -0.1) is 21.8 Å². The zero-order chi connectivity index (χ0) is 11.5. The van der Waals surface area contributed by atoms with Crippen LogP contribution in [0.1, 0.15) is 18.3 Å². The van der Waals surface area contributed by atoms with Gasteiger partial charge >= 0.3 is 0 Å². The maximum absolute atomic E-state index is 5.78. The maximum Gasteiger partial charge on any atom is 0.164 e. The minimum atomic E-state index is 0.387. The third kappa shape index (κ3) is 1.83. The lowest BCUT2D eigenvalue weighted by atomic mass is 10.0. The second kappa shape index (κ2) is 4.66. The van der Waals surface area contributed by atoms with Crippen LogP contribution in [0, 0.1) is 0 Å². The smallest absolute Gasteiger partial charge is 0.164 e. The molecule has 0 saturated heterocycles. The van der Waals surface area contributed by atoms with Crippen LogP contribution in [0.5, 0.6) is 0 Å². The van der Waals surface area contributed by atoms with Crippen molar-refractivity contribution in [1.82, 2.24) is 14.8 Å². The molecular formula is C12H14ClN3.